The molecule has 0 aliphatic carbocycles. The summed E-state index contributed by atoms with van der Waals surface area (Å²) in [5.41, 5.74) is 7.65. The third-order valence-electron chi connectivity index (χ3n) is 2.30. The van der Waals surface area contributed by atoms with Crippen LogP contribution in [0.4, 0.5) is 5.69 Å². The largest absolute Gasteiger partial charge is 0.398 e. The molecule has 0 aliphatic rings. The third kappa shape index (κ3) is 2.57. The highest BCUT2D eigenvalue weighted by atomic mass is 16.1. The molecule has 1 aromatic rings. The molecule has 0 heterocycles. The summed E-state index contributed by atoms with van der Waals surface area (Å²) in [6.07, 6.45) is 0.228. The van der Waals surface area contributed by atoms with Gasteiger partial charge in [-0.05, 0) is 25.5 Å². The first kappa shape index (κ1) is 11.3. The molecule has 3 heteroatoms. The van der Waals surface area contributed by atoms with Gasteiger partial charge in [0.2, 0.25) is 0 Å². The van der Waals surface area contributed by atoms with E-state index in [-0.39, 0.29) is 18.1 Å². The fraction of sp³-hybridized carbons (Fsp3) is 0.333. The minimum absolute atomic E-state index is 0.0559. The van der Waals surface area contributed by atoms with Crippen LogP contribution in [0.5, 0.6) is 0 Å². The van der Waals surface area contributed by atoms with Gasteiger partial charge in [0.1, 0.15) is 0 Å². The van der Waals surface area contributed by atoms with Gasteiger partial charge in [-0.3, -0.25) is 4.79 Å². The van der Waals surface area contributed by atoms with Crippen LogP contribution in [0.2, 0.25) is 0 Å². The van der Waals surface area contributed by atoms with Crippen LogP contribution in [-0.4, -0.2) is 5.78 Å². The number of nitrogens with zero attached hydrogens (tertiary/aromatic N) is 1. The van der Waals surface area contributed by atoms with Crippen LogP contribution in [0.25, 0.3) is 0 Å². The number of nitriles is 1. The van der Waals surface area contributed by atoms with Gasteiger partial charge in [-0.2, -0.15) is 5.26 Å². The standard InChI is InChI=1S/C12H14N2O/c1-8(7-13)6-11(15)12-9(2)4-3-5-10(12)14/h3-5,8H,6,14H2,1-2H3. The van der Waals surface area contributed by atoms with Crippen molar-refractivity contribution in [2.24, 2.45) is 5.92 Å². The van der Waals surface area contributed by atoms with Gasteiger partial charge in [0.25, 0.3) is 0 Å². The molecule has 15 heavy (non-hydrogen) atoms. The number of rotatable bonds is 3. The summed E-state index contributed by atoms with van der Waals surface area (Å²) in [6, 6.07) is 7.41. The maximum atomic E-state index is 11.8. The fourth-order valence-electron chi connectivity index (χ4n) is 1.50. The number of nitrogens with two attached hydrogens (primary N) is 1. The maximum Gasteiger partial charge on any atom is 0.166 e. The second-order valence-corrected chi connectivity index (χ2v) is 3.70. The van der Waals surface area contributed by atoms with E-state index in [2.05, 4.69) is 0 Å². The van der Waals surface area contributed by atoms with E-state index in [9.17, 15) is 4.79 Å². The molecule has 1 rings (SSSR count). The molecule has 0 radical (unpaired) electrons. The first-order valence-corrected chi connectivity index (χ1v) is 4.84. The van der Waals surface area contributed by atoms with Gasteiger partial charge in [-0.25, -0.2) is 0 Å². The number of anilines is 1. The highest BCUT2D eigenvalue weighted by molar-refractivity contribution is 6.02. The first-order valence-electron chi connectivity index (χ1n) is 4.84. The summed E-state index contributed by atoms with van der Waals surface area (Å²) in [4.78, 5) is 11.8. The fourth-order valence-corrected chi connectivity index (χ4v) is 1.50. The lowest BCUT2D eigenvalue weighted by molar-refractivity contribution is 0.0973. The van der Waals surface area contributed by atoms with Crippen LogP contribution in [0.3, 0.4) is 0 Å². The molecule has 0 spiro atoms. The predicted molar refractivity (Wildman–Crippen MR) is 59.3 cm³/mol. The average Bonchev–Trinajstić information content (AvgIpc) is 2.17. The molecular weight excluding hydrogens is 188 g/mol. The van der Waals surface area contributed by atoms with Crippen molar-refractivity contribution in [2.45, 2.75) is 20.3 Å². The number of carbonyl (C=O) groups is 1. The number of nitrogen functional groups attached to an aromatic ring is 1. The van der Waals surface area contributed by atoms with Crippen molar-refractivity contribution in [3.63, 3.8) is 0 Å². The molecule has 1 aromatic carbocycles. The molecule has 78 valence electrons. The summed E-state index contributed by atoms with van der Waals surface area (Å²) in [7, 11) is 0. The molecule has 0 saturated heterocycles. The smallest absolute Gasteiger partial charge is 0.166 e. The van der Waals surface area contributed by atoms with Crippen LogP contribution >= 0.6 is 0 Å². The van der Waals surface area contributed by atoms with Crippen molar-refractivity contribution < 1.29 is 4.79 Å². The quantitative estimate of drug-likeness (QED) is 0.604. The predicted octanol–water partition coefficient (Wildman–Crippen LogP) is 2.31. The summed E-state index contributed by atoms with van der Waals surface area (Å²) in [6.45, 7) is 3.58. The lowest BCUT2D eigenvalue weighted by Crippen LogP contribution is -2.09. The van der Waals surface area contributed by atoms with E-state index in [0.717, 1.165) is 5.56 Å². The zero-order chi connectivity index (χ0) is 11.4. The van der Waals surface area contributed by atoms with Crippen molar-refractivity contribution in [2.75, 3.05) is 5.73 Å². The SMILES string of the molecule is Cc1cccc(N)c1C(=O)CC(C)C#N. The van der Waals surface area contributed by atoms with Crippen LogP contribution in [0, 0.1) is 24.2 Å². The number of benzene rings is 1. The second-order valence-electron chi connectivity index (χ2n) is 3.70. The van der Waals surface area contributed by atoms with Crippen LogP contribution in [-0.2, 0) is 0 Å². The molecule has 0 aromatic heterocycles. The number of aryl methyl sites for hydroxylation is 1. The lowest BCUT2D eigenvalue weighted by Gasteiger charge is -2.08. The van der Waals surface area contributed by atoms with Gasteiger partial charge in [-0.15, -0.1) is 0 Å². The molecule has 0 aliphatic heterocycles. The third-order valence-corrected chi connectivity index (χ3v) is 2.30. The molecule has 2 N–H and O–H groups in total. The Bertz CT molecular complexity index is 398. The van der Waals surface area contributed by atoms with Gasteiger partial charge in [0, 0.05) is 17.7 Å². The van der Waals surface area contributed by atoms with Crippen LogP contribution in [0.1, 0.15) is 29.3 Å². The van der Waals surface area contributed by atoms with Gasteiger partial charge in [0.05, 0.1) is 12.0 Å². The highest BCUT2D eigenvalue weighted by Gasteiger charge is 2.15. The molecule has 0 saturated carbocycles. The molecule has 0 amide bonds. The topological polar surface area (TPSA) is 66.9 Å². The van der Waals surface area contributed by atoms with Crippen LogP contribution < -0.4 is 5.73 Å². The Kier molecular flexibility index (Phi) is 3.46. The Morgan fingerprint density at radius 1 is 1.60 bits per heavy atom. The molecular formula is C12H14N2O. The number of Topliss-reactive ketones (excluding diaryl/α,β-unsaturated/α-hetero) is 1. The van der Waals surface area contributed by atoms with Crippen molar-refractivity contribution in [3.8, 4) is 6.07 Å². The van der Waals surface area contributed by atoms with Crippen molar-refractivity contribution >= 4 is 11.5 Å². The van der Waals surface area contributed by atoms with E-state index in [1.54, 1.807) is 13.0 Å². The molecule has 0 bridgehead atoms. The van der Waals surface area contributed by atoms with E-state index in [0.29, 0.717) is 11.3 Å². The molecule has 1 atom stereocenters. The summed E-state index contributed by atoms with van der Waals surface area (Å²) < 4.78 is 0. The number of carbonyl (C=O) groups excluding carboxylic acids is 1. The van der Waals surface area contributed by atoms with E-state index in [4.69, 9.17) is 11.0 Å². The monoisotopic (exact) mass is 202 g/mol. The van der Waals surface area contributed by atoms with E-state index >= 15 is 0 Å². The van der Waals surface area contributed by atoms with Gasteiger partial charge < -0.3 is 5.73 Å². The van der Waals surface area contributed by atoms with Gasteiger partial charge >= 0.3 is 0 Å². The second kappa shape index (κ2) is 4.61. The summed E-state index contributed by atoms with van der Waals surface area (Å²) in [5, 5.41) is 8.64. The molecule has 1 unspecified atom stereocenters. The minimum atomic E-state index is -0.267. The van der Waals surface area contributed by atoms with E-state index in [1.807, 2.05) is 25.1 Å². The summed E-state index contributed by atoms with van der Waals surface area (Å²) >= 11 is 0. The Morgan fingerprint density at radius 2 is 2.27 bits per heavy atom. The Hall–Kier alpha value is -1.82. The Balaban J connectivity index is 2.97. The zero-order valence-electron chi connectivity index (χ0n) is 8.95. The van der Waals surface area contributed by atoms with Crippen molar-refractivity contribution in [3.05, 3.63) is 29.3 Å². The first-order chi connectivity index (χ1) is 7.06. The minimum Gasteiger partial charge on any atom is -0.398 e. The summed E-state index contributed by atoms with van der Waals surface area (Å²) in [5.74, 6) is -0.323. The number of ketones is 1. The normalized spacial score (nSPS) is 11.8. The maximum absolute atomic E-state index is 11.8. The molecule has 0 fully saturated rings. The van der Waals surface area contributed by atoms with Crippen molar-refractivity contribution in [1.82, 2.24) is 0 Å². The Labute approximate surface area is 89.5 Å². The lowest BCUT2D eigenvalue weighted by atomic mass is 9.96. The van der Waals surface area contributed by atoms with E-state index in [1.165, 1.54) is 0 Å². The zero-order valence-corrected chi connectivity index (χ0v) is 8.95. The highest BCUT2D eigenvalue weighted by Crippen LogP contribution is 2.19. The Morgan fingerprint density at radius 3 is 2.80 bits per heavy atom. The van der Waals surface area contributed by atoms with Gasteiger partial charge in [-0.1, -0.05) is 12.1 Å². The van der Waals surface area contributed by atoms with E-state index < -0.39 is 0 Å². The van der Waals surface area contributed by atoms with Gasteiger partial charge in [0.15, 0.2) is 5.78 Å². The number of hydrogen-bond acceptors (Lipinski definition) is 3. The van der Waals surface area contributed by atoms with Crippen molar-refractivity contribution in [1.29, 1.82) is 5.26 Å². The van der Waals surface area contributed by atoms with Crippen LogP contribution in [0.15, 0.2) is 18.2 Å². The number of hydrogen-bond donors (Lipinski definition) is 1. The molecule has 3 nitrogen and oxygen atoms in total. The average molecular weight is 202 g/mol.